The quantitative estimate of drug-likeness (QED) is 0.485. The Morgan fingerprint density at radius 1 is 1.59 bits per heavy atom. The lowest BCUT2D eigenvalue weighted by atomic mass is 9.89. The van der Waals surface area contributed by atoms with Gasteiger partial charge in [-0.05, 0) is 17.8 Å². The summed E-state index contributed by atoms with van der Waals surface area (Å²) in [4.78, 5) is 10.1. The van der Waals surface area contributed by atoms with E-state index >= 15 is 0 Å². The Kier molecular flexibility index (Phi) is 3.73. The fourth-order valence-electron chi connectivity index (χ4n) is 2.39. The Morgan fingerprint density at radius 2 is 2.24 bits per heavy atom. The monoisotopic (exact) mass is 321 g/mol. The van der Waals surface area contributed by atoms with E-state index in [2.05, 4.69) is 21.0 Å². The summed E-state index contributed by atoms with van der Waals surface area (Å²) < 4.78 is 1.60. The fraction of sp³-hybridized carbons (Fsp3) is 0.700. The van der Waals surface area contributed by atoms with Crippen LogP contribution in [0.2, 0.25) is 5.02 Å². The molecule has 0 bridgehead atoms. The highest BCUT2D eigenvalue weighted by atomic mass is 79.9. The third-order valence-corrected chi connectivity index (χ3v) is 4.77. The summed E-state index contributed by atoms with van der Waals surface area (Å²) in [6.45, 7) is 0.686. The molecule has 0 aromatic carbocycles. The van der Waals surface area contributed by atoms with Gasteiger partial charge >= 0.3 is 5.82 Å². The largest absolute Gasteiger partial charge is 0.408 e. The first-order chi connectivity index (χ1) is 8.06. The molecule has 1 aromatic rings. The molecule has 1 aliphatic rings. The van der Waals surface area contributed by atoms with Crippen LogP contribution >= 0.6 is 27.5 Å². The summed E-state index contributed by atoms with van der Waals surface area (Å²) >= 11 is 9.31. The number of rotatable bonds is 4. The van der Waals surface area contributed by atoms with Crippen molar-refractivity contribution in [2.45, 2.75) is 32.2 Å². The zero-order valence-corrected chi connectivity index (χ0v) is 11.6. The highest BCUT2D eigenvalue weighted by Crippen LogP contribution is 2.41. The molecule has 2 rings (SSSR count). The fourth-order valence-corrected chi connectivity index (χ4v) is 3.35. The second-order valence-electron chi connectivity index (χ2n) is 4.60. The van der Waals surface area contributed by atoms with Crippen molar-refractivity contribution in [3.05, 3.63) is 21.3 Å². The summed E-state index contributed by atoms with van der Waals surface area (Å²) in [7, 11) is 0. The molecule has 0 spiro atoms. The summed E-state index contributed by atoms with van der Waals surface area (Å²) in [6, 6.07) is 0. The molecular weight excluding hydrogens is 309 g/mol. The molecule has 17 heavy (non-hydrogen) atoms. The molecule has 0 amide bonds. The van der Waals surface area contributed by atoms with E-state index < -0.39 is 4.92 Å². The lowest BCUT2D eigenvalue weighted by molar-refractivity contribution is -0.389. The number of halogens is 2. The maximum absolute atomic E-state index is 10.7. The summed E-state index contributed by atoms with van der Waals surface area (Å²) in [6.07, 6.45) is 6.22. The van der Waals surface area contributed by atoms with E-state index in [0.29, 0.717) is 6.54 Å². The van der Waals surface area contributed by atoms with E-state index in [1.807, 2.05) is 0 Å². The Morgan fingerprint density at radius 3 is 2.71 bits per heavy atom. The third-order valence-electron chi connectivity index (χ3n) is 3.32. The smallest absolute Gasteiger partial charge is 0.358 e. The van der Waals surface area contributed by atoms with Crippen molar-refractivity contribution in [1.82, 2.24) is 9.78 Å². The average molecular weight is 323 g/mol. The van der Waals surface area contributed by atoms with Crippen molar-refractivity contribution < 1.29 is 4.92 Å². The van der Waals surface area contributed by atoms with Crippen molar-refractivity contribution >= 4 is 33.3 Å². The van der Waals surface area contributed by atoms with Crippen molar-refractivity contribution in [2.24, 2.45) is 5.41 Å². The van der Waals surface area contributed by atoms with Crippen LogP contribution in [-0.4, -0.2) is 20.0 Å². The predicted molar refractivity (Wildman–Crippen MR) is 68.6 cm³/mol. The number of nitro groups is 1. The number of hydrogen-bond acceptors (Lipinski definition) is 3. The van der Waals surface area contributed by atoms with E-state index in [1.165, 1.54) is 12.8 Å². The maximum Gasteiger partial charge on any atom is 0.408 e. The van der Waals surface area contributed by atoms with Gasteiger partial charge in [0, 0.05) is 10.7 Å². The van der Waals surface area contributed by atoms with Gasteiger partial charge in [-0.25, -0.2) is 0 Å². The minimum absolute atomic E-state index is 0.109. The van der Waals surface area contributed by atoms with E-state index in [-0.39, 0.29) is 16.3 Å². The van der Waals surface area contributed by atoms with E-state index in [4.69, 9.17) is 11.6 Å². The second kappa shape index (κ2) is 4.94. The maximum atomic E-state index is 10.7. The second-order valence-corrected chi connectivity index (χ2v) is 5.56. The van der Waals surface area contributed by atoms with Gasteiger partial charge in [-0.2, -0.15) is 4.68 Å². The Hall–Kier alpha value is -0.620. The molecule has 0 N–H and O–H groups in total. The molecule has 7 heteroatoms. The SMILES string of the molecule is O=[N+]([O-])c1nn(CC2(CBr)CCCC2)cc1Cl. The number of hydrogen-bond donors (Lipinski definition) is 0. The Balaban J connectivity index is 2.18. The van der Waals surface area contributed by atoms with Crippen molar-refractivity contribution in [2.75, 3.05) is 5.33 Å². The normalized spacial score (nSPS) is 18.5. The first kappa shape index (κ1) is 12.8. The van der Waals surface area contributed by atoms with Crippen LogP contribution in [0.15, 0.2) is 6.20 Å². The Bertz CT molecular complexity index is 429. The van der Waals surface area contributed by atoms with E-state index in [1.54, 1.807) is 10.9 Å². The standard InChI is InChI=1S/C10H13BrClN3O2/c11-6-10(3-1-2-4-10)7-14-5-8(12)9(13-14)15(16)17/h5H,1-4,6-7H2. The van der Waals surface area contributed by atoms with Crippen LogP contribution in [0.4, 0.5) is 5.82 Å². The molecule has 1 fully saturated rings. The molecule has 1 aromatic heterocycles. The van der Waals surface area contributed by atoms with Gasteiger partial charge < -0.3 is 10.1 Å². The molecule has 0 aliphatic heterocycles. The number of aromatic nitrogens is 2. The van der Waals surface area contributed by atoms with Gasteiger partial charge in [0.1, 0.15) is 0 Å². The van der Waals surface area contributed by atoms with Gasteiger partial charge in [0.05, 0.1) is 17.8 Å². The summed E-state index contributed by atoms with van der Waals surface area (Å²) in [5, 5.41) is 15.6. The first-order valence-corrected chi connectivity index (χ1v) is 7.00. The molecular formula is C10H13BrClN3O2. The van der Waals surface area contributed by atoms with Crippen LogP contribution in [0.3, 0.4) is 0 Å². The molecule has 0 saturated heterocycles. The van der Waals surface area contributed by atoms with Crippen LogP contribution in [0.25, 0.3) is 0 Å². The molecule has 1 aliphatic carbocycles. The van der Waals surface area contributed by atoms with Crippen LogP contribution in [0.5, 0.6) is 0 Å². The first-order valence-electron chi connectivity index (χ1n) is 5.50. The molecule has 0 radical (unpaired) electrons. The lowest BCUT2D eigenvalue weighted by Gasteiger charge is -2.24. The van der Waals surface area contributed by atoms with Crippen molar-refractivity contribution in [3.8, 4) is 0 Å². The zero-order chi connectivity index (χ0) is 12.5. The van der Waals surface area contributed by atoms with Gasteiger partial charge in [-0.3, -0.25) is 0 Å². The zero-order valence-electron chi connectivity index (χ0n) is 9.23. The average Bonchev–Trinajstić information content (AvgIpc) is 2.87. The third kappa shape index (κ3) is 2.63. The van der Waals surface area contributed by atoms with Crippen LogP contribution in [0.1, 0.15) is 25.7 Å². The van der Waals surface area contributed by atoms with Crippen molar-refractivity contribution in [3.63, 3.8) is 0 Å². The molecule has 0 atom stereocenters. The van der Waals surface area contributed by atoms with Crippen LogP contribution < -0.4 is 0 Å². The number of nitrogens with zero attached hydrogens (tertiary/aromatic N) is 3. The summed E-state index contributed by atoms with van der Waals surface area (Å²) in [5.74, 6) is -0.255. The molecule has 0 unspecified atom stereocenters. The molecule has 1 heterocycles. The van der Waals surface area contributed by atoms with E-state index in [9.17, 15) is 10.1 Å². The van der Waals surface area contributed by atoms with Crippen LogP contribution in [0, 0.1) is 15.5 Å². The van der Waals surface area contributed by atoms with Crippen molar-refractivity contribution in [1.29, 1.82) is 0 Å². The van der Waals surface area contributed by atoms with Gasteiger partial charge in [0.25, 0.3) is 0 Å². The number of alkyl halides is 1. The van der Waals surface area contributed by atoms with Gasteiger partial charge in [-0.1, -0.05) is 40.4 Å². The topological polar surface area (TPSA) is 61.0 Å². The molecule has 1 saturated carbocycles. The highest BCUT2D eigenvalue weighted by molar-refractivity contribution is 9.09. The van der Waals surface area contributed by atoms with Gasteiger partial charge in [0.2, 0.25) is 0 Å². The van der Waals surface area contributed by atoms with Gasteiger partial charge in [0.15, 0.2) is 5.02 Å². The highest BCUT2D eigenvalue weighted by Gasteiger charge is 2.35. The van der Waals surface area contributed by atoms with E-state index in [0.717, 1.165) is 18.2 Å². The lowest BCUT2D eigenvalue weighted by Crippen LogP contribution is -2.25. The molecule has 94 valence electrons. The molecule has 5 nitrogen and oxygen atoms in total. The summed E-state index contributed by atoms with van der Waals surface area (Å²) in [5.41, 5.74) is 0.170. The minimum Gasteiger partial charge on any atom is -0.358 e. The predicted octanol–water partition coefficient (Wildman–Crippen LogP) is 3.40. The minimum atomic E-state index is -0.547. The van der Waals surface area contributed by atoms with Gasteiger partial charge in [-0.15, -0.1) is 0 Å². The van der Waals surface area contributed by atoms with Crippen LogP contribution in [-0.2, 0) is 6.54 Å². The Labute approximate surface area is 112 Å².